The molecule has 0 saturated heterocycles. The van der Waals surface area contributed by atoms with Gasteiger partial charge in [0.1, 0.15) is 0 Å². The summed E-state index contributed by atoms with van der Waals surface area (Å²) < 4.78 is 4.83. The fourth-order valence-electron chi connectivity index (χ4n) is 1.67. The first-order valence-corrected chi connectivity index (χ1v) is 6.88. The Morgan fingerprint density at radius 1 is 0.933 bits per heavy atom. The van der Waals surface area contributed by atoms with Gasteiger partial charge < -0.3 is 0 Å². The fourth-order valence-corrected chi connectivity index (χ4v) is 5.01. The maximum absolute atomic E-state index is 8.82. The average molecular weight is 235 g/mol. The Bertz CT molecular complexity index is 251. The zero-order chi connectivity index (χ0) is 12.7. The van der Waals surface area contributed by atoms with E-state index in [1.54, 1.807) is 0 Å². The van der Waals surface area contributed by atoms with Gasteiger partial charge >= 0.3 is 0 Å². The summed E-state index contributed by atoms with van der Waals surface area (Å²) in [5, 5.41) is 8.82. The molecule has 15 heavy (non-hydrogen) atoms. The number of rotatable bonds is 3. The van der Waals surface area contributed by atoms with Gasteiger partial charge in [0.25, 0.3) is 7.51 Å². The molecule has 4 nitrogen and oxygen atoms in total. The van der Waals surface area contributed by atoms with E-state index in [1.165, 1.54) is 0 Å². The third-order valence-corrected chi connectivity index (χ3v) is 7.68. The van der Waals surface area contributed by atoms with Crippen molar-refractivity contribution in [3.8, 4) is 0 Å². The van der Waals surface area contributed by atoms with Crippen molar-refractivity contribution in [1.82, 2.24) is 9.34 Å². The molecule has 0 aliphatic heterocycles. The van der Waals surface area contributed by atoms with Gasteiger partial charge in [-0.1, -0.05) is 0 Å². The van der Waals surface area contributed by atoms with Crippen LogP contribution in [0.15, 0.2) is 0 Å². The van der Waals surface area contributed by atoms with Crippen molar-refractivity contribution in [3.63, 3.8) is 0 Å². The Kier molecular flexibility index (Phi) is 4.20. The Balaban J connectivity index is 5.59. The van der Waals surface area contributed by atoms with Crippen molar-refractivity contribution in [1.29, 1.82) is 5.16 Å². The number of hydrogen-bond donors (Lipinski definition) is 1. The van der Waals surface area contributed by atoms with Gasteiger partial charge in [-0.3, -0.25) is 4.25 Å². The summed E-state index contributed by atoms with van der Waals surface area (Å²) in [6, 6.07) is 0. The molecule has 0 aromatic heterocycles. The molecule has 0 aromatic rings. The molecule has 1 N–H and O–H groups in total. The molecule has 92 valence electrons. The molecular formula is C10H28N4P+. The van der Waals surface area contributed by atoms with Crippen molar-refractivity contribution in [2.45, 2.75) is 26.3 Å². The summed E-state index contributed by atoms with van der Waals surface area (Å²) in [5.41, 5.74) is 0.0596. The summed E-state index contributed by atoms with van der Waals surface area (Å²) in [6.07, 6.45) is 0. The zero-order valence-corrected chi connectivity index (χ0v) is 12.7. The van der Waals surface area contributed by atoms with E-state index in [-0.39, 0.29) is 5.54 Å². The normalized spacial score (nSPS) is 15.1. The van der Waals surface area contributed by atoms with E-state index in [9.17, 15) is 0 Å². The van der Waals surface area contributed by atoms with Gasteiger partial charge in [-0.05, 0) is 49.0 Å². The van der Waals surface area contributed by atoms with E-state index < -0.39 is 7.51 Å². The summed E-state index contributed by atoms with van der Waals surface area (Å²) in [5.74, 6) is 0. The Morgan fingerprint density at radius 3 is 1.27 bits per heavy atom. The second-order valence-corrected chi connectivity index (χ2v) is 9.56. The van der Waals surface area contributed by atoms with Crippen LogP contribution in [0, 0.1) is 5.16 Å². The van der Waals surface area contributed by atoms with Crippen LogP contribution in [0.3, 0.4) is 0 Å². The van der Waals surface area contributed by atoms with Gasteiger partial charge in [0.2, 0.25) is 0 Å². The maximum atomic E-state index is 8.82. The number of quaternary nitrogens is 1. The van der Waals surface area contributed by atoms with Crippen LogP contribution in [0.4, 0.5) is 0 Å². The largest absolute Gasteiger partial charge is 0.280 e. The van der Waals surface area contributed by atoms with Crippen LogP contribution in [-0.2, 0) is 0 Å². The van der Waals surface area contributed by atoms with E-state index in [0.717, 1.165) is 0 Å². The number of nitrogens with zero attached hydrogens (tertiary/aromatic N) is 3. The minimum atomic E-state index is -2.08. The smallest absolute Gasteiger partial charge is 0.276 e. The van der Waals surface area contributed by atoms with Crippen LogP contribution < -0.4 is 0 Å². The summed E-state index contributed by atoms with van der Waals surface area (Å²) >= 11 is 0. The highest BCUT2D eigenvalue weighted by molar-refractivity contribution is 7.54. The minimum absolute atomic E-state index is 0.0596. The van der Waals surface area contributed by atoms with Crippen LogP contribution >= 0.6 is 7.51 Å². The SMILES string of the molecule is CN(C)P(=N)(N(C)C)[N+](C)(C)C(C)(C)C. The molecule has 0 atom stereocenters. The van der Waals surface area contributed by atoms with Crippen molar-refractivity contribution in [3.05, 3.63) is 0 Å². The van der Waals surface area contributed by atoms with Gasteiger partial charge in [0.05, 0.1) is 19.6 Å². The molecule has 5 heteroatoms. The van der Waals surface area contributed by atoms with Gasteiger partial charge in [-0.2, -0.15) is 0 Å². The van der Waals surface area contributed by atoms with Crippen LogP contribution in [-0.4, -0.2) is 61.4 Å². The zero-order valence-electron chi connectivity index (χ0n) is 11.8. The lowest BCUT2D eigenvalue weighted by atomic mass is 10.1. The van der Waals surface area contributed by atoms with E-state index in [2.05, 4.69) is 44.2 Å². The standard InChI is InChI=1S/C10H28N4P/c1-10(2,3)14(8,9)15(11,12(4)5)13(6)7/h11H,1-9H3/q+1. The highest BCUT2D eigenvalue weighted by Gasteiger charge is 2.48. The van der Waals surface area contributed by atoms with Crippen LogP contribution in [0.25, 0.3) is 0 Å². The minimum Gasteiger partial charge on any atom is -0.276 e. The highest BCUT2D eigenvalue weighted by Crippen LogP contribution is 2.60. The molecule has 0 aliphatic rings. The lowest BCUT2D eigenvalue weighted by Gasteiger charge is -2.53. The molecule has 0 amide bonds. The molecule has 0 aromatic carbocycles. The van der Waals surface area contributed by atoms with Crippen LogP contribution in [0.2, 0.25) is 0 Å². The molecule has 0 saturated carbocycles. The van der Waals surface area contributed by atoms with Crippen LogP contribution in [0.1, 0.15) is 20.8 Å². The molecule has 0 rings (SSSR count). The predicted molar refractivity (Wildman–Crippen MR) is 68.9 cm³/mol. The van der Waals surface area contributed by atoms with Crippen molar-refractivity contribution >= 4 is 7.51 Å². The molecule has 0 fully saturated rings. The first-order chi connectivity index (χ1) is 6.39. The van der Waals surface area contributed by atoms with Gasteiger partial charge in [-0.15, -0.1) is 0 Å². The second kappa shape index (κ2) is 4.17. The van der Waals surface area contributed by atoms with Crippen molar-refractivity contribution in [2.24, 2.45) is 0 Å². The number of hydrogen-bond acceptors (Lipinski definition) is 1. The monoisotopic (exact) mass is 235 g/mol. The summed E-state index contributed by atoms with van der Waals surface area (Å²) in [6.45, 7) is 6.59. The quantitative estimate of drug-likeness (QED) is 0.762. The molecular weight excluding hydrogens is 207 g/mol. The first-order valence-electron chi connectivity index (χ1n) is 5.23. The molecule has 0 spiro atoms. The average Bonchev–Trinajstić information content (AvgIpc) is 1.99. The molecule has 0 unspecified atom stereocenters. The Hall–Kier alpha value is 0.110. The Morgan fingerprint density at radius 2 is 1.20 bits per heavy atom. The molecule has 0 heterocycles. The first kappa shape index (κ1) is 15.1. The van der Waals surface area contributed by atoms with E-state index >= 15 is 0 Å². The summed E-state index contributed by atoms with van der Waals surface area (Å²) in [7, 11) is 10.2. The van der Waals surface area contributed by atoms with Gasteiger partial charge in [0.15, 0.2) is 0 Å². The third kappa shape index (κ3) is 2.28. The Labute approximate surface area is 95.5 Å². The molecule has 0 bridgehead atoms. The number of nitrogens with one attached hydrogen (secondary N) is 1. The van der Waals surface area contributed by atoms with Gasteiger partial charge in [-0.25, -0.2) is 14.5 Å². The van der Waals surface area contributed by atoms with E-state index in [1.807, 2.05) is 28.2 Å². The van der Waals surface area contributed by atoms with Crippen molar-refractivity contribution < 1.29 is 4.25 Å². The maximum Gasteiger partial charge on any atom is 0.280 e. The third-order valence-electron chi connectivity index (χ3n) is 3.45. The van der Waals surface area contributed by atoms with E-state index in [0.29, 0.717) is 4.25 Å². The fraction of sp³-hybridized carbons (Fsp3) is 1.00. The topological polar surface area (TPSA) is 30.3 Å². The summed E-state index contributed by atoms with van der Waals surface area (Å²) in [4.78, 5) is 0. The van der Waals surface area contributed by atoms with E-state index in [4.69, 9.17) is 5.16 Å². The van der Waals surface area contributed by atoms with Crippen molar-refractivity contribution in [2.75, 3.05) is 42.3 Å². The molecule has 0 radical (unpaired) electrons. The predicted octanol–water partition coefficient (Wildman–Crippen LogP) is 2.51. The van der Waals surface area contributed by atoms with Gasteiger partial charge in [0, 0.05) is 0 Å². The van der Waals surface area contributed by atoms with Crippen LogP contribution in [0.5, 0.6) is 0 Å². The lowest BCUT2D eigenvalue weighted by molar-refractivity contribution is -0.825. The highest BCUT2D eigenvalue weighted by atomic mass is 31.2. The second-order valence-electron chi connectivity index (χ2n) is 5.83. The lowest BCUT2D eigenvalue weighted by Crippen LogP contribution is -2.55. The molecule has 0 aliphatic carbocycles.